The van der Waals surface area contributed by atoms with E-state index in [1.54, 1.807) is 0 Å². The lowest BCUT2D eigenvalue weighted by Gasteiger charge is -2.26. The Balaban J connectivity index is 1.80. The number of hydrogen-bond acceptors (Lipinski definition) is 5. The van der Waals surface area contributed by atoms with Crippen LogP contribution in [0, 0.1) is 5.92 Å². The van der Waals surface area contributed by atoms with Gasteiger partial charge < -0.3 is 11.1 Å². The summed E-state index contributed by atoms with van der Waals surface area (Å²) in [6.07, 6.45) is 1.83. The number of anilines is 1. The van der Waals surface area contributed by atoms with Crippen molar-refractivity contribution < 1.29 is 8.78 Å². The molecule has 1 heterocycles. The van der Waals surface area contributed by atoms with E-state index in [1.165, 1.54) is 0 Å². The molecule has 2 unspecified atom stereocenters. The van der Waals surface area contributed by atoms with E-state index < -0.39 is 6.43 Å². The maximum absolute atomic E-state index is 12.3. The third-order valence-corrected chi connectivity index (χ3v) is 3.88. The topological polar surface area (TPSA) is 63.8 Å². The van der Waals surface area contributed by atoms with Crippen molar-refractivity contribution in [2.24, 2.45) is 11.7 Å². The van der Waals surface area contributed by atoms with Crippen LogP contribution in [0.5, 0.6) is 0 Å². The molecule has 1 aromatic heterocycles. The van der Waals surface area contributed by atoms with Crippen LogP contribution in [0.4, 0.5) is 13.9 Å². The number of nitrogens with two attached hydrogens (primary N) is 1. The van der Waals surface area contributed by atoms with Crippen LogP contribution >= 0.6 is 11.3 Å². The Morgan fingerprint density at radius 1 is 1.41 bits per heavy atom. The maximum Gasteiger partial charge on any atom is 0.291 e. The molecule has 0 bridgehead atoms. The summed E-state index contributed by atoms with van der Waals surface area (Å²) in [6.45, 7) is 0.742. The average Bonchev–Trinajstić information content (AvgIpc) is 2.75. The van der Waals surface area contributed by atoms with Gasteiger partial charge in [-0.2, -0.15) is 0 Å². The van der Waals surface area contributed by atoms with Gasteiger partial charge in [0.25, 0.3) is 6.43 Å². The monoisotopic (exact) mass is 262 g/mol. The zero-order valence-electron chi connectivity index (χ0n) is 9.40. The van der Waals surface area contributed by atoms with Gasteiger partial charge in [0.2, 0.25) is 5.13 Å². The SMILES string of the molecule is NC1CCCC(CNc2nnc(C(F)F)s2)C1. The lowest BCUT2D eigenvalue weighted by molar-refractivity contribution is 0.150. The van der Waals surface area contributed by atoms with Gasteiger partial charge in [0.1, 0.15) is 0 Å². The van der Waals surface area contributed by atoms with Crippen molar-refractivity contribution in [1.82, 2.24) is 10.2 Å². The Morgan fingerprint density at radius 2 is 2.24 bits per heavy atom. The van der Waals surface area contributed by atoms with E-state index >= 15 is 0 Å². The van der Waals surface area contributed by atoms with Crippen molar-refractivity contribution >= 4 is 16.5 Å². The normalized spacial score (nSPS) is 25.2. The van der Waals surface area contributed by atoms with Crippen LogP contribution < -0.4 is 11.1 Å². The fourth-order valence-electron chi connectivity index (χ4n) is 2.14. The maximum atomic E-state index is 12.3. The Labute approximate surface area is 103 Å². The quantitative estimate of drug-likeness (QED) is 0.874. The van der Waals surface area contributed by atoms with Crippen molar-refractivity contribution in [1.29, 1.82) is 0 Å². The summed E-state index contributed by atoms with van der Waals surface area (Å²) in [5.74, 6) is 0.512. The second-order valence-corrected chi connectivity index (χ2v) is 5.43. The van der Waals surface area contributed by atoms with Crippen molar-refractivity contribution in [3.05, 3.63) is 5.01 Å². The van der Waals surface area contributed by atoms with Crippen molar-refractivity contribution in [2.75, 3.05) is 11.9 Å². The molecule has 2 rings (SSSR count). The molecule has 0 saturated heterocycles. The molecule has 0 amide bonds. The minimum atomic E-state index is -2.54. The fourth-order valence-corrected chi connectivity index (χ4v) is 2.75. The summed E-state index contributed by atoms with van der Waals surface area (Å²) in [4.78, 5) is 0. The van der Waals surface area contributed by atoms with Crippen LogP contribution in [0.15, 0.2) is 0 Å². The predicted molar refractivity (Wildman–Crippen MR) is 63.3 cm³/mol. The van der Waals surface area contributed by atoms with Crippen LogP contribution in [0.25, 0.3) is 0 Å². The zero-order chi connectivity index (χ0) is 12.3. The van der Waals surface area contributed by atoms with Crippen LogP contribution in [0.1, 0.15) is 37.1 Å². The Morgan fingerprint density at radius 3 is 2.88 bits per heavy atom. The lowest BCUT2D eigenvalue weighted by Crippen LogP contribution is -2.30. The molecule has 2 atom stereocenters. The molecule has 0 spiro atoms. The minimum Gasteiger partial charge on any atom is -0.360 e. The van der Waals surface area contributed by atoms with Gasteiger partial charge in [-0.05, 0) is 25.2 Å². The second kappa shape index (κ2) is 5.68. The van der Waals surface area contributed by atoms with Gasteiger partial charge in [0.15, 0.2) is 5.01 Å². The van der Waals surface area contributed by atoms with E-state index in [-0.39, 0.29) is 11.0 Å². The van der Waals surface area contributed by atoms with Gasteiger partial charge in [-0.25, -0.2) is 8.78 Å². The fraction of sp³-hybridized carbons (Fsp3) is 0.800. The summed E-state index contributed by atoms with van der Waals surface area (Å²) in [5.41, 5.74) is 5.89. The highest BCUT2D eigenvalue weighted by atomic mass is 32.1. The molecule has 96 valence electrons. The highest BCUT2D eigenvalue weighted by molar-refractivity contribution is 7.15. The first-order valence-electron chi connectivity index (χ1n) is 5.76. The number of nitrogens with zero attached hydrogens (tertiary/aromatic N) is 2. The van der Waals surface area contributed by atoms with E-state index in [1.807, 2.05) is 0 Å². The van der Waals surface area contributed by atoms with Crippen LogP contribution in [-0.2, 0) is 0 Å². The summed E-state index contributed by atoms with van der Waals surface area (Å²) in [7, 11) is 0. The number of aromatic nitrogens is 2. The number of halogens is 2. The first kappa shape index (κ1) is 12.6. The second-order valence-electron chi connectivity index (χ2n) is 4.42. The Kier molecular flexibility index (Phi) is 4.22. The van der Waals surface area contributed by atoms with Gasteiger partial charge in [0.05, 0.1) is 0 Å². The number of rotatable bonds is 4. The van der Waals surface area contributed by atoms with Crippen LogP contribution in [-0.4, -0.2) is 22.8 Å². The first-order valence-corrected chi connectivity index (χ1v) is 6.58. The molecule has 0 radical (unpaired) electrons. The predicted octanol–water partition coefficient (Wildman–Crippen LogP) is 2.41. The molecular weight excluding hydrogens is 246 g/mol. The van der Waals surface area contributed by atoms with Gasteiger partial charge in [0, 0.05) is 12.6 Å². The third kappa shape index (κ3) is 3.57. The van der Waals surface area contributed by atoms with E-state index in [0.717, 1.165) is 43.6 Å². The summed E-state index contributed by atoms with van der Waals surface area (Å²) in [6, 6.07) is 0.279. The summed E-state index contributed by atoms with van der Waals surface area (Å²) >= 11 is 0.916. The molecule has 1 aliphatic rings. The van der Waals surface area contributed by atoms with Gasteiger partial charge >= 0.3 is 0 Å². The Hall–Kier alpha value is -0.820. The molecule has 17 heavy (non-hydrogen) atoms. The molecule has 4 nitrogen and oxygen atoms in total. The van der Waals surface area contributed by atoms with Crippen LogP contribution in [0.2, 0.25) is 0 Å². The smallest absolute Gasteiger partial charge is 0.291 e. The van der Waals surface area contributed by atoms with Crippen molar-refractivity contribution in [3.63, 3.8) is 0 Å². The molecule has 1 fully saturated rings. The van der Waals surface area contributed by atoms with Crippen LogP contribution in [0.3, 0.4) is 0 Å². The molecule has 0 aromatic carbocycles. The summed E-state index contributed by atoms with van der Waals surface area (Å²) in [5, 5.41) is 10.4. The summed E-state index contributed by atoms with van der Waals surface area (Å²) < 4.78 is 24.6. The number of alkyl halides is 2. The highest BCUT2D eigenvalue weighted by Gasteiger charge is 2.20. The van der Waals surface area contributed by atoms with Crippen molar-refractivity contribution in [3.8, 4) is 0 Å². The number of hydrogen-bond donors (Lipinski definition) is 2. The van der Waals surface area contributed by atoms with E-state index in [4.69, 9.17) is 5.73 Å². The largest absolute Gasteiger partial charge is 0.360 e. The molecular formula is C10H16F2N4S. The van der Waals surface area contributed by atoms with Gasteiger partial charge in [-0.15, -0.1) is 10.2 Å². The zero-order valence-corrected chi connectivity index (χ0v) is 10.2. The molecule has 1 saturated carbocycles. The molecule has 7 heteroatoms. The number of nitrogens with one attached hydrogen (secondary N) is 1. The minimum absolute atomic E-state index is 0.229. The molecule has 3 N–H and O–H groups in total. The average molecular weight is 262 g/mol. The molecule has 1 aromatic rings. The standard InChI is InChI=1S/C10H16F2N4S/c11-8(12)9-15-16-10(17-9)14-5-6-2-1-3-7(13)4-6/h6-8H,1-5,13H2,(H,14,16). The molecule has 0 aliphatic heterocycles. The lowest BCUT2D eigenvalue weighted by atomic mass is 9.86. The highest BCUT2D eigenvalue weighted by Crippen LogP contribution is 2.27. The van der Waals surface area contributed by atoms with E-state index in [9.17, 15) is 8.78 Å². The first-order chi connectivity index (χ1) is 8.15. The van der Waals surface area contributed by atoms with Gasteiger partial charge in [-0.1, -0.05) is 17.8 Å². The molecule has 1 aliphatic carbocycles. The third-order valence-electron chi connectivity index (χ3n) is 2.99. The van der Waals surface area contributed by atoms with E-state index in [0.29, 0.717) is 11.0 Å². The van der Waals surface area contributed by atoms with E-state index in [2.05, 4.69) is 15.5 Å². The Bertz CT molecular complexity index is 358. The van der Waals surface area contributed by atoms with Gasteiger partial charge in [-0.3, -0.25) is 0 Å². The van der Waals surface area contributed by atoms with Crippen molar-refractivity contribution in [2.45, 2.75) is 38.2 Å².